The van der Waals surface area contributed by atoms with Crippen LogP contribution in [-0.2, 0) is 5.41 Å². The lowest BCUT2D eigenvalue weighted by molar-refractivity contribution is 0.101. The fourth-order valence-corrected chi connectivity index (χ4v) is 5.71. The second-order valence-corrected chi connectivity index (χ2v) is 9.40. The van der Waals surface area contributed by atoms with Gasteiger partial charge in [0.05, 0.1) is 22.8 Å². The monoisotopic (exact) mass is 453 g/mol. The number of ketones is 1. The molecule has 1 aromatic carbocycles. The number of nitrogens with one attached hydrogen (secondary N) is 1. The molecule has 2 aromatic heterocycles. The minimum Gasteiger partial charge on any atom is -0.398 e. The summed E-state index contributed by atoms with van der Waals surface area (Å²) in [6, 6.07) is 3.48. The number of nitrogen functional groups attached to an aromatic ring is 1. The highest BCUT2D eigenvalue weighted by atomic mass is 35.5. The summed E-state index contributed by atoms with van der Waals surface area (Å²) in [7, 11) is 0. The summed E-state index contributed by atoms with van der Waals surface area (Å²) in [6.45, 7) is 4.11. The van der Waals surface area contributed by atoms with Gasteiger partial charge in [-0.25, -0.2) is 9.37 Å². The van der Waals surface area contributed by atoms with Crippen molar-refractivity contribution in [1.82, 2.24) is 14.8 Å². The van der Waals surface area contributed by atoms with E-state index in [4.69, 9.17) is 17.3 Å². The second-order valence-electron chi connectivity index (χ2n) is 9.02. The number of pyridine rings is 1. The fraction of sp³-hybridized carbons (Fsp3) is 0.375. The molecule has 0 saturated heterocycles. The van der Waals surface area contributed by atoms with Gasteiger partial charge in [-0.2, -0.15) is 5.10 Å². The van der Waals surface area contributed by atoms with Crippen LogP contribution < -0.4 is 11.1 Å². The molecular formula is C24H25ClFN5O. The third kappa shape index (κ3) is 3.18. The maximum Gasteiger partial charge on any atom is 0.164 e. The van der Waals surface area contributed by atoms with Gasteiger partial charge in [0.15, 0.2) is 5.78 Å². The Morgan fingerprint density at radius 3 is 2.69 bits per heavy atom. The molecule has 0 amide bonds. The SMILES string of the molecule is CC(=O)c1c(N)ccc(-c2cnc3c(c2Cl)C2(CCC(n4cc(C)cn4)CC2)CN3)c1F. The number of rotatable bonds is 3. The van der Waals surface area contributed by atoms with Gasteiger partial charge in [0.2, 0.25) is 0 Å². The van der Waals surface area contributed by atoms with Crippen LogP contribution in [0.25, 0.3) is 11.1 Å². The van der Waals surface area contributed by atoms with Crippen molar-refractivity contribution in [1.29, 1.82) is 0 Å². The average Bonchev–Trinajstić information content (AvgIpc) is 3.34. The van der Waals surface area contributed by atoms with Crippen LogP contribution in [0, 0.1) is 12.7 Å². The van der Waals surface area contributed by atoms with E-state index in [0.29, 0.717) is 16.6 Å². The van der Waals surface area contributed by atoms with Crippen molar-refractivity contribution in [3.05, 3.63) is 58.3 Å². The van der Waals surface area contributed by atoms with Crippen LogP contribution in [0.4, 0.5) is 15.9 Å². The molecule has 0 atom stereocenters. The number of aromatic nitrogens is 3. The number of hydrogen-bond acceptors (Lipinski definition) is 5. The molecule has 0 unspecified atom stereocenters. The first-order valence-electron chi connectivity index (χ1n) is 10.8. The Morgan fingerprint density at radius 1 is 1.28 bits per heavy atom. The van der Waals surface area contributed by atoms with Crippen molar-refractivity contribution in [2.45, 2.75) is 51.0 Å². The smallest absolute Gasteiger partial charge is 0.164 e. The maximum atomic E-state index is 15.3. The molecule has 0 bridgehead atoms. The minimum atomic E-state index is -0.654. The molecule has 1 saturated carbocycles. The Balaban J connectivity index is 1.53. The number of anilines is 2. The van der Waals surface area contributed by atoms with Gasteiger partial charge in [0, 0.05) is 46.7 Å². The molecule has 5 rings (SSSR count). The summed E-state index contributed by atoms with van der Waals surface area (Å²) in [5.74, 6) is -0.314. The van der Waals surface area contributed by atoms with E-state index in [-0.39, 0.29) is 22.2 Å². The fourth-order valence-electron chi connectivity index (χ4n) is 5.27. The van der Waals surface area contributed by atoms with Gasteiger partial charge in [-0.05, 0) is 57.2 Å². The number of halogens is 2. The van der Waals surface area contributed by atoms with Crippen molar-refractivity contribution >= 4 is 28.9 Å². The molecule has 3 heterocycles. The van der Waals surface area contributed by atoms with Gasteiger partial charge in [-0.15, -0.1) is 0 Å². The minimum absolute atomic E-state index is 0.109. The summed E-state index contributed by atoms with van der Waals surface area (Å²) in [6.07, 6.45) is 9.38. The normalized spacial score (nSPS) is 22.1. The summed E-state index contributed by atoms with van der Waals surface area (Å²) in [5, 5.41) is 8.39. The Bertz CT molecular complexity index is 1230. The molecule has 1 aliphatic carbocycles. The zero-order valence-corrected chi connectivity index (χ0v) is 18.8. The second kappa shape index (κ2) is 7.59. The molecule has 3 N–H and O–H groups in total. The molecule has 8 heteroatoms. The third-order valence-electron chi connectivity index (χ3n) is 6.97. The number of Topliss-reactive ketones (excluding diaryl/α,β-unsaturated/α-hetero) is 1. The van der Waals surface area contributed by atoms with Crippen molar-refractivity contribution in [3.63, 3.8) is 0 Å². The van der Waals surface area contributed by atoms with Gasteiger partial charge < -0.3 is 11.1 Å². The zero-order valence-electron chi connectivity index (χ0n) is 18.1. The van der Waals surface area contributed by atoms with Crippen molar-refractivity contribution in [3.8, 4) is 11.1 Å². The summed E-state index contributed by atoms with van der Waals surface area (Å²) in [4.78, 5) is 16.5. The van der Waals surface area contributed by atoms with Gasteiger partial charge in [-0.3, -0.25) is 9.48 Å². The number of carbonyl (C=O) groups is 1. The number of benzene rings is 1. The van der Waals surface area contributed by atoms with Crippen LogP contribution in [0.3, 0.4) is 0 Å². The Morgan fingerprint density at radius 2 is 2.03 bits per heavy atom. The van der Waals surface area contributed by atoms with Crippen LogP contribution in [0.5, 0.6) is 0 Å². The molecule has 166 valence electrons. The van der Waals surface area contributed by atoms with Gasteiger partial charge in [0.1, 0.15) is 11.6 Å². The third-order valence-corrected chi connectivity index (χ3v) is 7.37. The van der Waals surface area contributed by atoms with E-state index in [0.717, 1.165) is 49.2 Å². The summed E-state index contributed by atoms with van der Waals surface area (Å²) in [5.41, 5.74) is 8.54. The average molecular weight is 454 g/mol. The predicted molar refractivity (Wildman–Crippen MR) is 124 cm³/mol. The number of nitrogens with zero attached hydrogens (tertiary/aromatic N) is 3. The van der Waals surface area contributed by atoms with E-state index in [2.05, 4.69) is 26.3 Å². The van der Waals surface area contributed by atoms with E-state index >= 15 is 4.39 Å². The number of carbonyl (C=O) groups excluding carboxylic acids is 1. The maximum absolute atomic E-state index is 15.3. The van der Waals surface area contributed by atoms with E-state index < -0.39 is 11.6 Å². The lowest BCUT2D eigenvalue weighted by Gasteiger charge is -2.37. The largest absolute Gasteiger partial charge is 0.398 e. The van der Waals surface area contributed by atoms with Crippen LogP contribution >= 0.6 is 11.6 Å². The molecule has 1 aliphatic heterocycles. The number of nitrogens with two attached hydrogens (primary N) is 1. The predicted octanol–water partition coefficient (Wildman–Crippen LogP) is 5.31. The van der Waals surface area contributed by atoms with Gasteiger partial charge >= 0.3 is 0 Å². The zero-order chi connectivity index (χ0) is 22.6. The lowest BCUT2D eigenvalue weighted by Crippen LogP contribution is -2.34. The summed E-state index contributed by atoms with van der Waals surface area (Å²) < 4.78 is 17.3. The molecular weight excluding hydrogens is 429 g/mol. The lowest BCUT2D eigenvalue weighted by atomic mass is 9.69. The first kappa shape index (κ1) is 20.9. The van der Waals surface area contributed by atoms with Crippen LogP contribution in [0.1, 0.15) is 60.1 Å². The Labute approximate surface area is 191 Å². The number of fused-ring (bicyclic) bond motifs is 2. The van der Waals surface area contributed by atoms with E-state index in [1.807, 2.05) is 13.1 Å². The Kier molecular flexibility index (Phi) is 4.97. The molecule has 0 radical (unpaired) electrons. The highest BCUT2D eigenvalue weighted by molar-refractivity contribution is 6.34. The Hall–Kier alpha value is -2.93. The van der Waals surface area contributed by atoms with Crippen LogP contribution in [-0.4, -0.2) is 27.1 Å². The van der Waals surface area contributed by atoms with Crippen LogP contribution in [0.15, 0.2) is 30.7 Å². The number of hydrogen-bond donors (Lipinski definition) is 2. The number of aryl methyl sites for hydroxylation is 1. The molecule has 6 nitrogen and oxygen atoms in total. The van der Waals surface area contributed by atoms with Crippen molar-refractivity contribution < 1.29 is 9.18 Å². The first-order chi connectivity index (χ1) is 15.3. The van der Waals surface area contributed by atoms with Gasteiger partial charge in [-0.1, -0.05) is 11.6 Å². The first-order valence-corrected chi connectivity index (χ1v) is 11.2. The quantitative estimate of drug-likeness (QED) is 0.414. The highest BCUT2D eigenvalue weighted by Crippen LogP contribution is 2.52. The van der Waals surface area contributed by atoms with Crippen LogP contribution in [0.2, 0.25) is 5.02 Å². The molecule has 3 aromatic rings. The topological polar surface area (TPSA) is 85.8 Å². The molecule has 2 aliphatic rings. The van der Waals surface area contributed by atoms with E-state index in [1.54, 1.807) is 18.3 Å². The van der Waals surface area contributed by atoms with Crippen molar-refractivity contribution in [2.75, 3.05) is 17.6 Å². The summed E-state index contributed by atoms with van der Waals surface area (Å²) >= 11 is 6.93. The molecule has 1 fully saturated rings. The standard InChI is InChI=1S/C24H25ClFN5O/c1-13-9-30-31(11-13)15-5-7-24(8-6-15)12-29-23-20(24)21(25)17(10-28-23)16-3-4-18(27)19(14(2)32)22(16)26/h3-4,9-11,15H,5-8,12,27H2,1-2H3,(H,28,29). The van der Waals surface area contributed by atoms with E-state index in [9.17, 15) is 4.79 Å². The highest BCUT2D eigenvalue weighted by Gasteiger charge is 2.45. The molecule has 32 heavy (non-hydrogen) atoms. The van der Waals surface area contributed by atoms with Gasteiger partial charge in [0.25, 0.3) is 0 Å². The molecule has 1 spiro atoms. The van der Waals surface area contributed by atoms with Crippen molar-refractivity contribution in [2.24, 2.45) is 0 Å². The van der Waals surface area contributed by atoms with E-state index in [1.165, 1.54) is 6.92 Å².